The van der Waals surface area contributed by atoms with Crippen molar-refractivity contribution in [1.29, 1.82) is 0 Å². The van der Waals surface area contributed by atoms with Crippen LogP contribution in [0, 0.1) is 6.92 Å². The largest absolute Gasteiger partial charge is 0.326 e. The van der Waals surface area contributed by atoms with Crippen molar-refractivity contribution in [2.24, 2.45) is 0 Å². The lowest BCUT2D eigenvalue weighted by Crippen LogP contribution is -2.05. The first-order valence-electron chi connectivity index (χ1n) is 3.06. The fourth-order valence-corrected chi connectivity index (χ4v) is 0.810. The number of aromatic amines is 1. The Morgan fingerprint density at radius 2 is 2.30 bits per heavy atom. The monoisotopic (exact) mass is 135 g/mol. The van der Waals surface area contributed by atoms with Gasteiger partial charge in [0.15, 0.2) is 0 Å². The lowest BCUT2D eigenvalue weighted by Gasteiger charge is -1.95. The van der Waals surface area contributed by atoms with Crippen molar-refractivity contribution in [3.63, 3.8) is 0 Å². The Balaban J connectivity index is 3.32. The minimum absolute atomic E-state index is 0.0666. The SMILES string of the molecule is C=Cc1ccc(=O)[nH]c1C. The molecule has 52 valence electrons. The van der Waals surface area contributed by atoms with Crippen LogP contribution < -0.4 is 5.56 Å². The lowest BCUT2D eigenvalue weighted by molar-refractivity contribution is 1.13. The molecule has 0 aliphatic carbocycles. The Morgan fingerprint density at radius 1 is 1.60 bits per heavy atom. The van der Waals surface area contributed by atoms with Crippen molar-refractivity contribution in [3.05, 3.63) is 40.3 Å². The summed E-state index contributed by atoms with van der Waals surface area (Å²) in [5.41, 5.74) is 1.77. The molecular formula is C8H9NO. The van der Waals surface area contributed by atoms with Crippen LogP contribution >= 0.6 is 0 Å². The number of aryl methyl sites for hydroxylation is 1. The first kappa shape index (κ1) is 6.81. The van der Waals surface area contributed by atoms with E-state index in [4.69, 9.17) is 0 Å². The molecule has 0 aliphatic rings. The number of nitrogens with one attached hydrogen (secondary N) is 1. The van der Waals surface area contributed by atoms with Crippen LogP contribution in [0.2, 0.25) is 0 Å². The quantitative estimate of drug-likeness (QED) is 0.619. The van der Waals surface area contributed by atoms with E-state index in [0.717, 1.165) is 11.3 Å². The molecule has 0 aliphatic heterocycles. The number of hydrogen-bond donors (Lipinski definition) is 1. The first-order valence-corrected chi connectivity index (χ1v) is 3.06. The van der Waals surface area contributed by atoms with Crippen molar-refractivity contribution in [3.8, 4) is 0 Å². The van der Waals surface area contributed by atoms with Crippen molar-refractivity contribution in [1.82, 2.24) is 4.98 Å². The average Bonchev–Trinajstić information content (AvgIpc) is 1.88. The van der Waals surface area contributed by atoms with E-state index in [1.807, 2.05) is 6.92 Å². The molecule has 2 heteroatoms. The summed E-state index contributed by atoms with van der Waals surface area (Å²) in [6, 6.07) is 3.24. The molecule has 0 bridgehead atoms. The highest BCUT2D eigenvalue weighted by Crippen LogP contribution is 2.01. The van der Waals surface area contributed by atoms with Gasteiger partial charge < -0.3 is 4.98 Å². The highest BCUT2D eigenvalue weighted by molar-refractivity contribution is 5.48. The molecular weight excluding hydrogens is 126 g/mol. The molecule has 2 nitrogen and oxygen atoms in total. The average molecular weight is 135 g/mol. The standard InChI is InChI=1S/C8H9NO/c1-3-7-4-5-8(10)9-6(7)2/h3-5H,1H2,2H3,(H,9,10). The summed E-state index contributed by atoms with van der Waals surface area (Å²) in [4.78, 5) is 13.3. The third-order valence-electron chi connectivity index (χ3n) is 1.38. The molecule has 0 amide bonds. The number of hydrogen-bond acceptors (Lipinski definition) is 1. The van der Waals surface area contributed by atoms with Gasteiger partial charge in [-0.15, -0.1) is 0 Å². The molecule has 0 saturated carbocycles. The summed E-state index contributed by atoms with van der Waals surface area (Å²) >= 11 is 0. The summed E-state index contributed by atoms with van der Waals surface area (Å²) in [7, 11) is 0. The first-order chi connectivity index (χ1) is 4.74. The van der Waals surface area contributed by atoms with E-state index >= 15 is 0 Å². The van der Waals surface area contributed by atoms with Crippen LogP contribution in [0.15, 0.2) is 23.5 Å². The number of pyridine rings is 1. The van der Waals surface area contributed by atoms with Crippen LogP contribution in [-0.4, -0.2) is 4.98 Å². The van der Waals surface area contributed by atoms with Gasteiger partial charge in [0.25, 0.3) is 0 Å². The molecule has 1 N–H and O–H groups in total. The van der Waals surface area contributed by atoms with Crippen molar-refractivity contribution < 1.29 is 0 Å². The Kier molecular flexibility index (Phi) is 1.71. The van der Waals surface area contributed by atoms with E-state index < -0.39 is 0 Å². The summed E-state index contributed by atoms with van der Waals surface area (Å²) in [5, 5.41) is 0. The summed E-state index contributed by atoms with van der Waals surface area (Å²) in [6.45, 7) is 5.45. The van der Waals surface area contributed by atoms with Crippen LogP contribution in [0.4, 0.5) is 0 Å². The highest BCUT2D eigenvalue weighted by atomic mass is 16.1. The zero-order valence-corrected chi connectivity index (χ0v) is 5.85. The summed E-state index contributed by atoms with van der Waals surface area (Å²) in [6.07, 6.45) is 1.71. The number of rotatable bonds is 1. The Bertz CT molecular complexity index is 298. The van der Waals surface area contributed by atoms with Crippen molar-refractivity contribution >= 4 is 6.08 Å². The molecule has 1 aromatic rings. The maximum Gasteiger partial charge on any atom is 0.248 e. The molecule has 0 unspecified atom stereocenters. The van der Waals surface area contributed by atoms with Crippen LogP contribution in [0.1, 0.15) is 11.3 Å². The third-order valence-corrected chi connectivity index (χ3v) is 1.38. The third kappa shape index (κ3) is 1.16. The Labute approximate surface area is 59.2 Å². The second-order valence-corrected chi connectivity index (χ2v) is 2.11. The van der Waals surface area contributed by atoms with Gasteiger partial charge in [-0.05, 0) is 18.6 Å². The van der Waals surface area contributed by atoms with E-state index in [2.05, 4.69) is 11.6 Å². The molecule has 1 heterocycles. The maximum atomic E-state index is 10.7. The Morgan fingerprint density at radius 3 is 2.80 bits per heavy atom. The fourth-order valence-electron chi connectivity index (χ4n) is 0.810. The number of aromatic nitrogens is 1. The van der Waals surface area contributed by atoms with Gasteiger partial charge >= 0.3 is 0 Å². The van der Waals surface area contributed by atoms with Crippen molar-refractivity contribution in [2.75, 3.05) is 0 Å². The normalized spacial score (nSPS) is 9.30. The van der Waals surface area contributed by atoms with Gasteiger partial charge in [0, 0.05) is 11.8 Å². The topological polar surface area (TPSA) is 32.9 Å². The van der Waals surface area contributed by atoms with E-state index in [1.165, 1.54) is 6.07 Å². The van der Waals surface area contributed by atoms with E-state index in [9.17, 15) is 4.79 Å². The molecule has 1 aromatic heterocycles. The van der Waals surface area contributed by atoms with E-state index in [0.29, 0.717) is 0 Å². The lowest BCUT2D eigenvalue weighted by atomic mass is 10.2. The second-order valence-electron chi connectivity index (χ2n) is 2.11. The number of H-pyrrole nitrogens is 1. The zero-order chi connectivity index (χ0) is 7.56. The highest BCUT2D eigenvalue weighted by Gasteiger charge is 1.91. The molecule has 0 atom stereocenters. The van der Waals surface area contributed by atoms with Crippen LogP contribution in [0.5, 0.6) is 0 Å². The molecule has 0 spiro atoms. The van der Waals surface area contributed by atoms with E-state index in [-0.39, 0.29) is 5.56 Å². The van der Waals surface area contributed by atoms with Crippen LogP contribution in [0.3, 0.4) is 0 Å². The zero-order valence-electron chi connectivity index (χ0n) is 5.85. The van der Waals surface area contributed by atoms with Gasteiger partial charge in [-0.25, -0.2) is 0 Å². The molecule has 0 aromatic carbocycles. The smallest absolute Gasteiger partial charge is 0.248 e. The van der Waals surface area contributed by atoms with Gasteiger partial charge in [-0.2, -0.15) is 0 Å². The van der Waals surface area contributed by atoms with Gasteiger partial charge in [-0.1, -0.05) is 12.7 Å². The second kappa shape index (κ2) is 2.52. The Hall–Kier alpha value is -1.31. The van der Waals surface area contributed by atoms with E-state index in [1.54, 1.807) is 12.1 Å². The molecule has 1 rings (SSSR count). The molecule has 0 radical (unpaired) electrons. The minimum Gasteiger partial charge on any atom is -0.326 e. The molecule has 0 saturated heterocycles. The van der Waals surface area contributed by atoms with Gasteiger partial charge in [0.2, 0.25) is 5.56 Å². The minimum atomic E-state index is -0.0666. The maximum absolute atomic E-state index is 10.7. The van der Waals surface area contributed by atoms with Crippen LogP contribution in [-0.2, 0) is 0 Å². The molecule has 10 heavy (non-hydrogen) atoms. The van der Waals surface area contributed by atoms with Crippen LogP contribution in [0.25, 0.3) is 6.08 Å². The van der Waals surface area contributed by atoms with Gasteiger partial charge in [0.05, 0.1) is 0 Å². The molecule has 0 fully saturated rings. The predicted octanol–water partition coefficient (Wildman–Crippen LogP) is 1.33. The fraction of sp³-hybridized carbons (Fsp3) is 0.125. The van der Waals surface area contributed by atoms with Gasteiger partial charge in [0.1, 0.15) is 0 Å². The summed E-state index contributed by atoms with van der Waals surface area (Å²) in [5.74, 6) is 0. The van der Waals surface area contributed by atoms with Crippen molar-refractivity contribution in [2.45, 2.75) is 6.92 Å². The summed E-state index contributed by atoms with van der Waals surface area (Å²) < 4.78 is 0. The predicted molar refractivity (Wildman–Crippen MR) is 41.9 cm³/mol. The van der Waals surface area contributed by atoms with Gasteiger partial charge in [-0.3, -0.25) is 4.79 Å².